The molecule has 1 N–H and O–H groups in total. The lowest BCUT2D eigenvalue weighted by molar-refractivity contribution is -0.673. The van der Waals surface area contributed by atoms with E-state index in [2.05, 4.69) is 83.1 Å². The molecule has 0 radical (unpaired) electrons. The van der Waals surface area contributed by atoms with E-state index in [1.54, 1.807) is 0 Å². The normalized spacial score (nSPS) is 14.9. The first-order chi connectivity index (χ1) is 15.0. The molecule has 0 spiro atoms. The number of hydrogen-bond donors (Lipinski definition) is 1. The van der Waals surface area contributed by atoms with Crippen LogP contribution in [0.1, 0.15) is 31.0 Å². The lowest BCUT2D eigenvalue weighted by Crippen LogP contribution is -2.38. The number of allylic oxidation sites excluding steroid dienone is 1. The second kappa shape index (κ2) is 9.04. The van der Waals surface area contributed by atoms with Crippen LogP contribution in [0.5, 0.6) is 0 Å². The van der Waals surface area contributed by atoms with Crippen LogP contribution in [0.15, 0.2) is 72.4 Å². The van der Waals surface area contributed by atoms with E-state index in [1.807, 2.05) is 12.1 Å². The number of benzene rings is 2. The molecule has 1 aromatic heterocycles. The molecule has 1 aliphatic heterocycles. The average Bonchev–Trinajstić information content (AvgIpc) is 2.76. The van der Waals surface area contributed by atoms with Gasteiger partial charge < -0.3 is 4.90 Å². The fraction of sp³-hybridized carbons (Fsp3) is 0.240. The summed E-state index contributed by atoms with van der Waals surface area (Å²) in [6.07, 6.45) is 7.55. The molecular weight excluding hydrogens is 408 g/mol. The molecule has 0 bridgehead atoms. The van der Waals surface area contributed by atoms with Crippen LogP contribution in [-0.2, 0) is 16.7 Å². The number of para-hydroxylation sites is 2. The summed E-state index contributed by atoms with van der Waals surface area (Å²) in [4.78, 5) is 2.30. The van der Waals surface area contributed by atoms with Gasteiger partial charge in [-0.05, 0) is 43.2 Å². The smallest absolute Gasteiger partial charge is 0.264 e. The molecule has 31 heavy (non-hydrogen) atoms. The SMILES string of the molecule is CCN1/C(=C/c2ccc3ccccc3[n+]2CCCCS(=O)(=O)O)C=Cc2ccccc21. The van der Waals surface area contributed by atoms with Gasteiger partial charge in [-0.2, -0.15) is 13.0 Å². The van der Waals surface area contributed by atoms with Crippen molar-refractivity contribution in [2.45, 2.75) is 26.3 Å². The van der Waals surface area contributed by atoms with Crippen molar-refractivity contribution in [3.63, 3.8) is 0 Å². The Labute approximate surface area is 183 Å². The third-order valence-electron chi connectivity index (χ3n) is 5.59. The summed E-state index contributed by atoms with van der Waals surface area (Å²) in [6, 6.07) is 20.8. The number of nitrogens with zero attached hydrogens (tertiary/aromatic N) is 2. The lowest BCUT2D eigenvalue weighted by Gasteiger charge is -2.29. The van der Waals surface area contributed by atoms with Gasteiger partial charge in [0.2, 0.25) is 11.2 Å². The summed E-state index contributed by atoms with van der Waals surface area (Å²) in [5.41, 5.74) is 5.68. The Balaban J connectivity index is 1.72. The zero-order valence-corrected chi connectivity index (χ0v) is 18.4. The van der Waals surface area contributed by atoms with E-state index < -0.39 is 10.1 Å². The van der Waals surface area contributed by atoms with E-state index in [0.717, 1.165) is 28.8 Å². The molecule has 0 unspecified atom stereocenters. The molecule has 4 rings (SSSR count). The van der Waals surface area contributed by atoms with Crippen LogP contribution in [0.25, 0.3) is 23.1 Å². The Hall–Kier alpha value is -2.96. The number of anilines is 1. The molecule has 0 saturated carbocycles. The van der Waals surface area contributed by atoms with Gasteiger partial charge in [0.1, 0.15) is 6.54 Å². The zero-order valence-electron chi connectivity index (χ0n) is 17.6. The van der Waals surface area contributed by atoms with Crippen molar-refractivity contribution in [2.24, 2.45) is 0 Å². The van der Waals surface area contributed by atoms with Gasteiger partial charge >= 0.3 is 0 Å². The van der Waals surface area contributed by atoms with E-state index in [1.165, 1.54) is 11.3 Å². The number of unbranched alkanes of at least 4 members (excludes halogenated alkanes) is 1. The van der Waals surface area contributed by atoms with Crippen molar-refractivity contribution in [1.29, 1.82) is 0 Å². The summed E-state index contributed by atoms with van der Waals surface area (Å²) in [5, 5.41) is 1.14. The van der Waals surface area contributed by atoms with E-state index in [4.69, 9.17) is 4.55 Å². The second-order valence-corrected chi connectivity index (χ2v) is 9.24. The highest BCUT2D eigenvalue weighted by Crippen LogP contribution is 2.31. The molecule has 2 heterocycles. The first-order valence-electron chi connectivity index (χ1n) is 10.6. The molecule has 0 saturated heterocycles. The van der Waals surface area contributed by atoms with Gasteiger partial charge in [0.15, 0.2) is 0 Å². The first kappa shape index (κ1) is 21.3. The molecule has 1 aliphatic rings. The number of pyridine rings is 1. The summed E-state index contributed by atoms with van der Waals surface area (Å²) < 4.78 is 33.4. The van der Waals surface area contributed by atoms with Gasteiger partial charge in [0.25, 0.3) is 10.1 Å². The zero-order chi connectivity index (χ0) is 21.8. The van der Waals surface area contributed by atoms with Crippen molar-refractivity contribution in [3.05, 3.63) is 83.7 Å². The minimum absolute atomic E-state index is 0.210. The topological polar surface area (TPSA) is 61.5 Å². The molecule has 3 aromatic rings. The first-order valence-corrected chi connectivity index (χ1v) is 12.2. The maximum absolute atomic E-state index is 11.1. The van der Waals surface area contributed by atoms with Crippen LogP contribution in [0.4, 0.5) is 5.69 Å². The fourth-order valence-electron chi connectivity index (χ4n) is 4.12. The van der Waals surface area contributed by atoms with E-state index >= 15 is 0 Å². The molecule has 160 valence electrons. The maximum atomic E-state index is 11.1. The summed E-state index contributed by atoms with van der Waals surface area (Å²) in [7, 11) is -3.93. The standard InChI is InChI=1S/C25H26N2O3S/c1-2-26-22(15-13-20-9-3-5-11-24(20)26)19-23-16-14-21-10-4-6-12-25(21)27(23)17-7-8-18-31(28,29)30/h3-6,9-16,19H,2,7-8,17-18H2,1H3/p+1. The third-order valence-corrected chi connectivity index (χ3v) is 6.40. The quantitative estimate of drug-likeness (QED) is 0.332. The Morgan fingerprint density at radius 3 is 2.55 bits per heavy atom. The largest absolute Gasteiger partial charge is 0.341 e. The molecular formula is C25H27N2O3S+. The van der Waals surface area contributed by atoms with Gasteiger partial charge in [0, 0.05) is 47.9 Å². The average molecular weight is 436 g/mol. The van der Waals surface area contributed by atoms with Crippen LogP contribution >= 0.6 is 0 Å². The monoisotopic (exact) mass is 435 g/mol. The Bertz CT molecular complexity index is 1260. The van der Waals surface area contributed by atoms with Gasteiger partial charge in [-0.1, -0.05) is 36.4 Å². The Morgan fingerprint density at radius 2 is 1.74 bits per heavy atom. The van der Waals surface area contributed by atoms with Crippen LogP contribution in [0, 0.1) is 0 Å². The summed E-state index contributed by atoms with van der Waals surface area (Å²) >= 11 is 0. The minimum atomic E-state index is -3.93. The fourth-order valence-corrected chi connectivity index (χ4v) is 4.69. The van der Waals surface area contributed by atoms with Gasteiger partial charge in [-0.15, -0.1) is 0 Å². The number of hydrogen-bond acceptors (Lipinski definition) is 3. The highest BCUT2D eigenvalue weighted by atomic mass is 32.2. The van der Waals surface area contributed by atoms with Crippen molar-refractivity contribution in [1.82, 2.24) is 0 Å². The third kappa shape index (κ3) is 4.86. The Morgan fingerprint density at radius 1 is 0.968 bits per heavy atom. The minimum Gasteiger partial charge on any atom is -0.341 e. The second-order valence-electron chi connectivity index (χ2n) is 7.67. The van der Waals surface area contributed by atoms with Crippen LogP contribution in [0.3, 0.4) is 0 Å². The summed E-state index contributed by atoms with van der Waals surface area (Å²) in [6.45, 7) is 3.67. The van der Waals surface area contributed by atoms with Crippen LogP contribution < -0.4 is 9.47 Å². The number of aromatic nitrogens is 1. The van der Waals surface area contributed by atoms with Crippen molar-refractivity contribution >= 4 is 38.9 Å². The molecule has 5 nitrogen and oxygen atoms in total. The number of rotatable bonds is 7. The van der Waals surface area contributed by atoms with E-state index in [0.29, 0.717) is 19.4 Å². The molecule has 0 fully saturated rings. The molecule has 0 amide bonds. The van der Waals surface area contributed by atoms with Gasteiger partial charge in [-0.25, -0.2) is 0 Å². The number of aryl methyl sites for hydroxylation is 1. The predicted octanol–water partition coefficient (Wildman–Crippen LogP) is 4.69. The van der Waals surface area contributed by atoms with Crippen molar-refractivity contribution in [2.75, 3.05) is 17.2 Å². The lowest BCUT2D eigenvalue weighted by atomic mass is 10.0. The maximum Gasteiger partial charge on any atom is 0.264 e. The number of likely N-dealkylation sites (N-methyl/N-ethyl adjacent to an activating group) is 1. The number of fused-ring (bicyclic) bond motifs is 2. The van der Waals surface area contributed by atoms with Crippen LogP contribution in [-0.4, -0.2) is 25.3 Å². The van der Waals surface area contributed by atoms with Crippen molar-refractivity contribution in [3.8, 4) is 0 Å². The van der Waals surface area contributed by atoms with E-state index in [-0.39, 0.29) is 5.75 Å². The van der Waals surface area contributed by atoms with E-state index in [9.17, 15) is 8.42 Å². The highest BCUT2D eigenvalue weighted by Gasteiger charge is 2.19. The van der Waals surface area contributed by atoms with Gasteiger partial charge in [-0.3, -0.25) is 4.55 Å². The predicted molar refractivity (Wildman–Crippen MR) is 126 cm³/mol. The molecule has 0 atom stereocenters. The van der Waals surface area contributed by atoms with Gasteiger partial charge in [0.05, 0.1) is 5.75 Å². The molecule has 6 heteroatoms. The Kier molecular flexibility index (Phi) is 6.20. The molecule has 0 aliphatic carbocycles. The van der Waals surface area contributed by atoms with Crippen molar-refractivity contribution < 1.29 is 17.5 Å². The summed E-state index contributed by atoms with van der Waals surface area (Å²) in [5.74, 6) is -0.210. The molecule has 2 aromatic carbocycles. The highest BCUT2D eigenvalue weighted by molar-refractivity contribution is 7.85. The van der Waals surface area contributed by atoms with Crippen LogP contribution in [0.2, 0.25) is 0 Å².